The Bertz CT molecular complexity index is 865. The Balaban J connectivity index is 2.26. The van der Waals surface area contributed by atoms with Crippen molar-refractivity contribution in [1.82, 2.24) is 0 Å². The number of rotatable bonds is 3. The fourth-order valence-corrected chi connectivity index (χ4v) is 5.53. The van der Waals surface area contributed by atoms with Gasteiger partial charge in [-0.15, -0.1) is 0 Å². The molecular weight excluding hydrogens is 308 g/mol. The smallest absolute Gasteiger partial charge is 0.0784 e. The van der Waals surface area contributed by atoms with E-state index in [0.717, 1.165) is 10.2 Å². The molecule has 3 aromatic carbocycles. The Labute approximate surface area is 143 Å². The first-order valence-electron chi connectivity index (χ1n) is 8.26. The van der Waals surface area contributed by atoms with E-state index >= 15 is 0 Å². The molecule has 0 atom stereocenters. The van der Waals surface area contributed by atoms with Gasteiger partial charge in [0.1, 0.15) is 0 Å². The van der Waals surface area contributed by atoms with Crippen molar-refractivity contribution >= 4 is 39.8 Å². The molecule has 23 heavy (non-hydrogen) atoms. The summed E-state index contributed by atoms with van der Waals surface area (Å²) in [7, 11) is -0.327. The second-order valence-corrected chi connectivity index (χ2v) is 12.6. The molecule has 0 unspecified atom stereocenters. The Morgan fingerprint density at radius 1 is 0.783 bits per heavy atom. The van der Waals surface area contributed by atoms with E-state index in [2.05, 4.69) is 92.1 Å². The summed E-state index contributed by atoms with van der Waals surface area (Å²) in [6.07, 6.45) is 0. The zero-order valence-electron chi connectivity index (χ0n) is 14.4. The van der Waals surface area contributed by atoms with Gasteiger partial charge in [-0.1, -0.05) is 97.3 Å². The number of hydrogen-bond acceptors (Lipinski definition) is 0. The number of benzene rings is 3. The van der Waals surface area contributed by atoms with Gasteiger partial charge in [0.2, 0.25) is 0 Å². The lowest BCUT2D eigenvalue weighted by Gasteiger charge is -2.23. The van der Waals surface area contributed by atoms with E-state index in [9.17, 15) is 0 Å². The zero-order chi connectivity index (χ0) is 16.4. The van der Waals surface area contributed by atoms with Crippen LogP contribution in [0.25, 0.3) is 16.3 Å². The van der Waals surface area contributed by atoms with Crippen LogP contribution in [0.1, 0.15) is 11.1 Å². The van der Waals surface area contributed by atoms with Crippen molar-refractivity contribution < 1.29 is 0 Å². The molecule has 0 fully saturated rings. The minimum atomic E-state index is -1.38. The van der Waals surface area contributed by atoms with Crippen LogP contribution in [0.4, 0.5) is 0 Å². The third-order valence-corrected chi connectivity index (χ3v) is 7.02. The van der Waals surface area contributed by atoms with Crippen LogP contribution in [0.3, 0.4) is 0 Å². The summed E-state index contributed by atoms with van der Waals surface area (Å²) in [4.78, 5) is 0. The van der Waals surface area contributed by atoms with E-state index in [-0.39, 0.29) is 0 Å². The van der Waals surface area contributed by atoms with Gasteiger partial charge in [0.15, 0.2) is 0 Å². The fraction of sp³-hybridized carbons (Fsp3) is 0.143. The zero-order valence-corrected chi connectivity index (χ0v) is 17.4. The molecule has 0 aliphatic heterocycles. The minimum Gasteiger partial charge on any atom is -0.0970 e. The summed E-state index contributed by atoms with van der Waals surface area (Å²) < 4.78 is 0. The van der Waals surface area contributed by atoms with Crippen LogP contribution in [0, 0.1) is 0 Å². The molecule has 0 aromatic heterocycles. The first-order valence-corrected chi connectivity index (χ1v) is 12.9. The molecule has 0 N–H and O–H groups in total. The van der Waals surface area contributed by atoms with Gasteiger partial charge in [0.25, 0.3) is 0 Å². The molecule has 0 nitrogen and oxygen atoms in total. The maximum absolute atomic E-state index is 2.43. The second-order valence-electron chi connectivity index (χ2n) is 7.02. The molecule has 2 heteroatoms. The minimum absolute atomic E-state index is 1.06. The highest BCUT2D eigenvalue weighted by molar-refractivity contribution is 6.89. The average molecular weight is 333 g/mol. The maximum Gasteiger partial charge on any atom is 0.0784 e. The van der Waals surface area contributed by atoms with Gasteiger partial charge in [-0.2, -0.15) is 0 Å². The van der Waals surface area contributed by atoms with Crippen molar-refractivity contribution in [2.75, 3.05) is 0 Å². The Hall–Kier alpha value is -1.91. The standard InChI is InChI=1S/C21H24Si2/c1-23(2,3)21-14-7-6-12-19(21)20(15-22)18-13-8-10-16-9-4-5-11-17(16)18/h4-15H,1-3,22H3. The summed E-state index contributed by atoms with van der Waals surface area (Å²) in [5.74, 6) is 0. The van der Waals surface area contributed by atoms with Crippen molar-refractivity contribution in [3.63, 3.8) is 0 Å². The highest BCUT2D eigenvalue weighted by Gasteiger charge is 2.22. The third-order valence-electron chi connectivity index (χ3n) is 4.39. The molecule has 0 amide bonds. The first-order chi connectivity index (χ1) is 11.0. The van der Waals surface area contributed by atoms with Crippen molar-refractivity contribution in [2.24, 2.45) is 0 Å². The van der Waals surface area contributed by atoms with E-state index in [1.807, 2.05) is 0 Å². The van der Waals surface area contributed by atoms with Gasteiger partial charge in [-0.25, -0.2) is 0 Å². The quantitative estimate of drug-likeness (QED) is 0.632. The number of hydrogen-bond donors (Lipinski definition) is 0. The molecule has 0 bridgehead atoms. The van der Waals surface area contributed by atoms with E-state index in [1.54, 1.807) is 5.19 Å². The van der Waals surface area contributed by atoms with Crippen LogP contribution < -0.4 is 5.19 Å². The fourth-order valence-electron chi connectivity index (χ4n) is 3.29. The Kier molecular flexibility index (Phi) is 4.38. The monoisotopic (exact) mass is 332 g/mol. The van der Waals surface area contributed by atoms with E-state index in [1.165, 1.54) is 27.5 Å². The highest BCUT2D eigenvalue weighted by Crippen LogP contribution is 2.29. The van der Waals surface area contributed by atoms with Crippen molar-refractivity contribution in [1.29, 1.82) is 0 Å². The summed E-state index contributed by atoms with van der Waals surface area (Å²) in [6.45, 7) is 7.29. The summed E-state index contributed by atoms with van der Waals surface area (Å²) in [5, 5.41) is 4.22. The van der Waals surface area contributed by atoms with Crippen molar-refractivity contribution in [2.45, 2.75) is 19.6 Å². The highest BCUT2D eigenvalue weighted by atomic mass is 28.3. The molecule has 0 aliphatic rings. The molecule has 0 radical (unpaired) electrons. The summed E-state index contributed by atoms with van der Waals surface area (Å²) in [5.41, 5.74) is 6.61. The molecule has 0 aliphatic carbocycles. The normalized spacial score (nSPS) is 12.7. The van der Waals surface area contributed by atoms with Crippen LogP contribution in [0.2, 0.25) is 19.6 Å². The predicted octanol–water partition coefficient (Wildman–Crippen LogP) is 4.14. The van der Waals surface area contributed by atoms with Crippen LogP contribution in [-0.4, -0.2) is 18.3 Å². The SMILES string of the molecule is C[Si](C)(C)c1ccccc1C(=C[SiH3])c1cccc2ccccc12. The molecule has 0 spiro atoms. The molecule has 3 aromatic rings. The maximum atomic E-state index is 2.43. The predicted molar refractivity (Wildman–Crippen MR) is 110 cm³/mol. The van der Waals surface area contributed by atoms with Gasteiger partial charge >= 0.3 is 0 Å². The molecule has 0 saturated carbocycles. The van der Waals surface area contributed by atoms with Crippen LogP contribution in [0.5, 0.6) is 0 Å². The molecule has 0 saturated heterocycles. The Morgan fingerprint density at radius 2 is 1.39 bits per heavy atom. The van der Waals surface area contributed by atoms with Crippen molar-refractivity contribution in [3.05, 3.63) is 83.6 Å². The number of fused-ring (bicyclic) bond motifs is 1. The van der Waals surface area contributed by atoms with Gasteiger partial charge in [0, 0.05) is 10.2 Å². The van der Waals surface area contributed by atoms with Gasteiger partial charge in [-0.3, -0.25) is 0 Å². The molecule has 0 heterocycles. The van der Waals surface area contributed by atoms with Gasteiger partial charge in [-0.05, 0) is 27.5 Å². The second kappa shape index (κ2) is 6.30. The first kappa shape index (κ1) is 16.0. The topological polar surface area (TPSA) is 0 Å². The molecule has 116 valence electrons. The molecule has 3 rings (SSSR count). The lowest BCUT2D eigenvalue weighted by atomic mass is 9.94. The summed E-state index contributed by atoms with van der Waals surface area (Å²) >= 11 is 0. The van der Waals surface area contributed by atoms with Gasteiger partial charge < -0.3 is 0 Å². The largest absolute Gasteiger partial charge is 0.0970 e. The van der Waals surface area contributed by atoms with Crippen LogP contribution in [0.15, 0.2) is 72.4 Å². The third kappa shape index (κ3) is 3.10. The lowest BCUT2D eigenvalue weighted by molar-refractivity contribution is 1.58. The lowest BCUT2D eigenvalue weighted by Crippen LogP contribution is -2.39. The van der Waals surface area contributed by atoms with E-state index in [0.29, 0.717) is 0 Å². The van der Waals surface area contributed by atoms with Gasteiger partial charge in [0.05, 0.1) is 8.07 Å². The Morgan fingerprint density at radius 3 is 2.13 bits per heavy atom. The van der Waals surface area contributed by atoms with Crippen LogP contribution in [-0.2, 0) is 0 Å². The van der Waals surface area contributed by atoms with Crippen molar-refractivity contribution in [3.8, 4) is 0 Å². The van der Waals surface area contributed by atoms with E-state index in [4.69, 9.17) is 0 Å². The van der Waals surface area contributed by atoms with E-state index < -0.39 is 8.07 Å². The summed E-state index contributed by atoms with van der Waals surface area (Å²) in [6, 6.07) is 24.4. The molecular formula is C21H24Si2. The van der Waals surface area contributed by atoms with Crippen LogP contribution >= 0.6 is 0 Å². The average Bonchev–Trinajstić information content (AvgIpc) is 2.55.